The lowest BCUT2D eigenvalue weighted by molar-refractivity contribution is 0.0145. The van der Waals surface area contributed by atoms with Gasteiger partial charge >= 0.3 is 6.09 Å². The van der Waals surface area contributed by atoms with Crippen LogP contribution < -0.4 is 0 Å². The zero-order valence-corrected chi connectivity index (χ0v) is 14.6. The summed E-state index contributed by atoms with van der Waals surface area (Å²) in [5, 5.41) is 0. The van der Waals surface area contributed by atoms with Crippen LogP contribution in [-0.2, 0) is 11.3 Å². The summed E-state index contributed by atoms with van der Waals surface area (Å²) < 4.78 is 6.64. The lowest BCUT2D eigenvalue weighted by Crippen LogP contribution is -2.41. The summed E-state index contributed by atoms with van der Waals surface area (Å²) in [6, 6.07) is 8.44. The molecule has 2 rings (SSSR count). The quantitative estimate of drug-likeness (QED) is 0.753. The first-order valence-electron chi connectivity index (χ1n) is 7.59. The van der Waals surface area contributed by atoms with Crippen LogP contribution in [0.5, 0.6) is 0 Å². The zero-order valence-electron chi connectivity index (χ0n) is 13.1. The van der Waals surface area contributed by atoms with E-state index >= 15 is 0 Å². The van der Waals surface area contributed by atoms with E-state index in [9.17, 15) is 4.79 Å². The van der Waals surface area contributed by atoms with E-state index in [-0.39, 0.29) is 6.09 Å². The van der Waals surface area contributed by atoms with E-state index in [1.807, 2.05) is 37.8 Å². The van der Waals surface area contributed by atoms with Crippen molar-refractivity contribution in [1.82, 2.24) is 4.90 Å². The molecule has 116 valence electrons. The predicted molar refractivity (Wildman–Crippen MR) is 88.2 cm³/mol. The molecular weight excluding hydrogens is 330 g/mol. The monoisotopic (exact) mass is 353 g/mol. The Balaban J connectivity index is 2.11. The van der Waals surface area contributed by atoms with Crippen LogP contribution in [0.4, 0.5) is 4.79 Å². The second-order valence-electron chi connectivity index (χ2n) is 6.67. The van der Waals surface area contributed by atoms with Gasteiger partial charge in [-0.3, -0.25) is 0 Å². The van der Waals surface area contributed by atoms with Gasteiger partial charge in [0.25, 0.3) is 0 Å². The standard InChI is InChI=1S/C17H24BrNO2/c1-17(2,3)21-16(20)19(15-6-4-5-7-15)12-13-8-10-14(18)11-9-13/h8-11,15H,4-7,12H2,1-3H3. The zero-order chi connectivity index (χ0) is 15.5. The van der Waals surface area contributed by atoms with Gasteiger partial charge in [-0.05, 0) is 51.3 Å². The first-order chi connectivity index (χ1) is 9.85. The molecule has 0 atom stereocenters. The molecule has 3 nitrogen and oxygen atoms in total. The maximum atomic E-state index is 12.5. The van der Waals surface area contributed by atoms with Gasteiger partial charge in [-0.15, -0.1) is 0 Å². The van der Waals surface area contributed by atoms with E-state index < -0.39 is 5.60 Å². The number of amides is 1. The Labute approximate surface area is 135 Å². The summed E-state index contributed by atoms with van der Waals surface area (Å²) in [6.07, 6.45) is 4.36. The first kappa shape index (κ1) is 16.3. The van der Waals surface area contributed by atoms with Gasteiger partial charge in [0.2, 0.25) is 0 Å². The van der Waals surface area contributed by atoms with Crippen LogP contribution in [0.1, 0.15) is 52.0 Å². The van der Waals surface area contributed by atoms with Gasteiger partial charge < -0.3 is 9.64 Å². The molecular formula is C17H24BrNO2. The number of carbonyl (C=O) groups excluding carboxylic acids is 1. The highest BCUT2D eigenvalue weighted by Gasteiger charge is 2.30. The molecule has 1 aromatic rings. The van der Waals surface area contributed by atoms with Gasteiger partial charge in [-0.2, -0.15) is 0 Å². The van der Waals surface area contributed by atoms with Gasteiger partial charge in [0.05, 0.1) is 0 Å². The Kier molecular flexibility index (Phi) is 5.31. The van der Waals surface area contributed by atoms with Gasteiger partial charge in [-0.25, -0.2) is 4.79 Å². The fraction of sp³-hybridized carbons (Fsp3) is 0.588. The molecule has 0 saturated heterocycles. The topological polar surface area (TPSA) is 29.5 Å². The van der Waals surface area contributed by atoms with Crippen molar-refractivity contribution < 1.29 is 9.53 Å². The summed E-state index contributed by atoms with van der Waals surface area (Å²) in [5.41, 5.74) is 0.684. The van der Waals surface area contributed by atoms with E-state index in [0.29, 0.717) is 12.6 Å². The second-order valence-corrected chi connectivity index (χ2v) is 7.59. The minimum Gasteiger partial charge on any atom is -0.444 e. The van der Waals surface area contributed by atoms with Crippen molar-refractivity contribution in [1.29, 1.82) is 0 Å². The van der Waals surface area contributed by atoms with Crippen LogP contribution in [0.3, 0.4) is 0 Å². The largest absolute Gasteiger partial charge is 0.444 e. The molecule has 21 heavy (non-hydrogen) atoms. The number of hydrogen-bond acceptors (Lipinski definition) is 2. The first-order valence-corrected chi connectivity index (χ1v) is 8.38. The summed E-state index contributed by atoms with van der Waals surface area (Å²) in [6.45, 7) is 6.36. The molecule has 0 N–H and O–H groups in total. The third-order valence-corrected chi connectivity index (χ3v) is 4.19. The summed E-state index contributed by atoms with van der Waals surface area (Å²) in [4.78, 5) is 14.4. The Hall–Kier alpha value is -1.03. The van der Waals surface area contributed by atoms with Crippen LogP contribution in [0.25, 0.3) is 0 Å². The van der Waals surface area contributed by atoms with Crippen molar-refractivity contribution in [2.24, 2.45) is 0 Å². The van der Waals surface area contributed by atoms with E-state index in [0.717, 1.165) is 22.9 Å². The summed E-state index contributed by atoms with van der Waals surface area (Å²) in [7, 11) is 0. The summed E-state index contributed by atoms with van der Waals surface area (Å²) in [5.74, 6) is 0. The maximum absolute atomic E-state index is 12.5. The number of ether oxygens (including phenoxy) is 1. The number of carbonyl (C=O) groups is 1. The third kappa shape index (κ3) is 5.03. The molecule has 0 aromatic heterocycles. The van der Waals surface area contributed by atoms with E-state index in [2.05, 4.69) is 28.1 Å². The molecule has 0 radical (unpaired) electrons. The van der Waals surface area contributed by atoms with Gasteiger partial charge in [0.15, 0.2) is 0 Å². The van der Waals surface area contributed by atoms with Crippen LogP contribution in [0.2, 0.25) is 0 Å². The number of halogens is 1. The SMILES string of the molecule is CC(C)(C)OC(=O)N(Cc1ccc(Br)cc1)C1CCCC1. The maximum Gasteiger partial charge on any atom is 0.410 e. The van der Waals surface area contributed by atoms with Crippen LogP contribution >= 0.6 is 15.9 Å². The molecule has 0 aliphatic heterocycles. The highest BCUT2D eigenvalue weighted by molar-refractivity contribution is 9.10. The summed E-state index contributed by atoms with van der Waals surface area (Å²) >= 11 is 3.44. The van der Waals surface area contributed by atoms with Crippen LogP contribution in [0.15, 0.2) is 28.7 Å². The Morgan fingerprint density at radius 3 is 2.33 bits per heavy atom. The predicted octanol–water partition coefficient (Wildman–Crippen LogP) is 5.13. The van der Waals surface area contributed by atoms with E-state index in [4.69, 9.17) is 4.74 Å². The highest BCUT2D eigenvalue weighted by Crippen LogP contribution is 2.27. The van der Waals surface area contributed by atoms with Crippen molar-refractivity contribution in [3.63, 3.8) is 0 Å². The fourth-order valence-electron chi connectivity index (χ4n) is 2.67. The Morgan fingerprint density at radius 2 is 1.81 bits per heavy atom. The Morgan fingerprint density at radius 1 is 1.24 bits per heavy atom. The normalized spacial score (nSPS) is 16.0. The number of rotatable bonds is 3. The van der Waals surface area contributed by atoms with Crippen molar-refractivity contribution in [3.05, 3.63) is 34.3 Å². The number of hydrogen-bond donors (Lipinski definition) is 0. The minimum absolute atomic E-state index is 0.197. The third-order valence-electron chi connectivity index (χ3n) is 3.66. The highest BCUT2D eigenvalue weighted by atomic mass is 79.9. The van der Waals surface area contributed by atoms with Gasteiger partial charge in [0, 0.05) is 17.1 Å². The smallest absolute Gasteiger partial charge is 0.410 e. The number of nitrogens with zero attached hydrogens (tertiary/aromatic N) is 1. The molecule has 0 unspecified atom stereocenters. The molecule has 4 heteroatoms. The molecule has 1 aliphatic rings. The second kappa shape index (κ2) is 6.82. The van der Waals surface area contributed by atoms with E-state index in [1.165, 1.54) is 12.8 Å². The fourth-order valence-corrected chi connectivity index (χ4v) is 2.93. The number of benzene rings is 1. The molecule has 0 bridgehead atoms. The van der Waals surface area contributed by atoms with Crippen molar-refractivity contribution in [3.8, 4) is 0 Å². The van der Waals surface area contributed by atoms with Crippen molar-refractivity contribution in [2.75, 3.05) is 0 Å². The Bertz CT molecular complexity index is 473. The minimum atomic E-state index is -0.451. The average molecular weight is 354 g/mol. The molecule has 0 heterocycles. The molecule has 1 fully saturated rings. The molecule has 1 aromatic carbocycles. The van der Waals surface area contributed by atoms with Gasteiger partial charge in [0.1, 0.15) is 5.60 Å². The lowest BCUT2D eigenvalue weighted by atomic mass is 10.1. The van der Waals surface area contributed by atoms with Crippen molar-refractivity contribution >= 4 is 22.0 Å². The molecule has 0 spiro atoms. The van der Waals surface area contributed by atoms with Gasteiger partial charge in [-0.1, -0.05) is 40.9 Å². The van der Waals surface area contributed by atoms with Crippen LogP contribution in [0, 0.1) is 0 Å². The molecule has 1 aliphatic carbocycles. The average Bonchev–Trinajstić information content (AvgIpc) is 2.89. The molecule has 1 saturated carbocycles. The van der Waals surface area contributed by atoms with Crippen molar-refractivity contribution in [2.45, 2.75) is 64.6 Å². The van der Waals surface area contributed by atoms with E-state index in [1.54, 1.807) is 0 Å². The van der Waals surface area contributed by atoms with Crippen LogP contribution in [-0.4, -0.2) is 22.6 Å². The lowest BCUT2D eigenvalue weighted by Gasteiger charge is -2.31. The molecule has 1 amide bonds.